The minimum atomic E-state index is -0.0543. The van der Waals surface area contributed by atoms with Gasteiger partial charge in [0.05, 0.1) is 36.2 Å². The molecule has 0 saturated carbocycles. The highest BCUT2D eigenvalue weighted by molar-refractivity contribution is 6.02. The van der Waals surface area contributed by atoms with E-state index in [2.05, 4.69) is 19.2 Å². The molecule has 0 aliphatic carbocycles. The fourth-order valence-corrected chi connectivity index (χ4v) is 2.87. The van der Waals surface area contributed by atoms with Crippen molar-refractivity contribution in [3.63, 3.8) is 0 Å². The second-order valence-electron chi connectivity index (χ2n) is 5.91. The molecule has 102 valence electrons. The number of anilines is 2. The summed E-state index contributed by atoms with van der Waals surface area (Å²) in [5.74, 6) is 0.118. The Labute approximate surface area is 113 Å². The number of fused-ring (bicyclic) bond motifs is 1. The van der Waals surface area contributed by atoms with Gasteiger partial charge in [0.1, 0.15) is 0 Å². The van der Waals surface area contributed by atoms with E-state index >= 15 is 0 Å². The van der Waals surface area contributed by atoms with E-state index in [-0.39, 0.29) is 17.6 Å². The van der Waals surface area contributed by atoms with Gasteiger partial charge in [-0.05, 0) is 38.8 Å². The molecule has 0 spiro atoms. The van der Waals surface area contributed by atoms with Crippen molar-refractivity contribution in [3.8, 4) is 0 Å². The number of nitrogens with zero attached hydrogens (tertiary/aromatic N) is 1. The summed E-state index contributed by atoms with van der Waals surface area (Å²) >= 11 is 0. The van der Waals surface area contributed by atoms with Crippen molar-refractivity contribution in [2.45, 2.75) is 38.4 Å². The lowest BCUT2D eigenvalue weighted by atomic mass is 10.1. The van der Waals surface area contributed by atoms with Crippen LogP contribution in [0.3, 0.4) is 0 Å². The summed E-state index contributed by atoms with van der Waals surface area (Å²) in [5, 5.41) is 3.15. The average molecular weight is 260 g/mol. The maximum Gasteiger partial charge on any atom is 0.246 e. The van der Waals surface area contributed by atoms with Gasteiger partial charge < -0.3 is 15.0 Å². The van der Waals surface area contributed by atoms with Crippen molar-refractivity contribution >= 4 is 17.3 Å². The number of rotatable bonds is 2. The number of carbonyl (C=O) groups is 1. The van der Waals surface area contributed by atoms with Gasteiger partial charge >= 0.3 is 0 Å². The maximum absolute atomic E-state index is 12.1. The van der Waals surface area contributed by atoms with Gasteiger partial charge in [-0.1, -0.05) is 12.1 Å². The number of hydrogen-bond acceptors (Lipinski definition) is 3. The zero-order chi connectivity index (χ0) is 13.5. The smallest absolute Gasteiger partial charge is 0.246 e. The van der Waals surface area contributed by atoms with Crippen molar-refractivity contribution in [1.29, 1.82) is 0 Å². The normalized spacial score (nSPS) is 25.1. The van der Waals surface area contributed by atoms with Gasteiger partial charge in [0.2, 0.25) is 5.91 Å². The second kappa shape index (κ2) is 4.53. The zero-order valence-electron chi connectivity index (χ0n) is 11.5. The van der Waals surface area contributed by atoms with Crippen molar-refractivity contribution in [3.05, 3.63) is 24.3 Å². The molecular weight excluding hydrogens is 240 g/mol. The summed E-state index contributed by atoms with van der Waals surface area (Å²) in [6.07, 6.45) is 2.22. The van der Waals surface area contributed by atoms with E-state index in [1.54, 1.807) is 0 Å². The molecule has 1 atom stereocenters. The third kappa shape index (κ3) is 2.45. The van der Waals surface area contributed by atoms with Crippen LogP contribution in [-0.2, 0) is 9.53 Å². The molecule has 0 radical (unpaired) electrons. The van der Waals surface area contributed by atoms with Crippen LogP contribution in [0.4, 0.5) is 11.4 Å². The second-order valence-corrected chi connectivity index (χ2v) is 5.91. The summed E-state index contributed by atoms with van der Waals surface area (Å²) in [5.41, 5.74) is 1.94. The average Bonchev–Trinajstić information content (AvgIpc) is 2.72. The number of hydrogen-bond donors (Lipinski definition) is 1. The molecule has 4 nitrogen and oxygen atoms in total. The maximum atomic E-state index is 12.1. The van der Waals surface area contributed by atoms with Crippen molar-refractivity contribution < 1.29 is 9.53 Å². The lowest BCUT2D eigenvalue weighted by Gasteiger charge is -2.32. The minimum absolute atomic E-state index is 0.0543. The summed E-state index contributed by atoms with van der Waals surface area (Å²) < 4.78 is 6.00. The molecule has 1 amide bonds. The van der Waals surface area contributed by atoms with E-state index in [9.17, 15) is 4.79 Å². The SMILES string of the molecule is CC1(C)CCC(CN2C(=O)CNc3ccccc32)O1. The first-order valence-corrected chi connectivity index (χ1v) is 6.86. The standard InChI is InChI=1S/C15H20N2O2/c1-15(2)8-7-11(19-15)10-17-13-6-4-3-5-12(13)16-9-14(17)18/h3-6,11,16H,7-10H2,1-2H3. The first kappa shape index (κ1) is 12.5. The van der Waals surface area contributed by atoms with Crippen LogP contribution in [0.15, 0.2) is 24.3 Å². The highest BCUT2D eigenvalue weighted by atomic mass is 16.5. The first-order chi connectivity index (χ1) is 9.05. The molecule has 0 bridgehead atoms. The number of amides is 1. The fraction of sp³-hybridized carbons (Fsp3) is 0.533. The summed E-state index contributed by atoms with van der Waals surface area (Å²) in [4.78, 5) is 14.0. The molecule has 3 rings (SSSR count). The quantitative estimate of drug-likeness (QED) is 0.887. The molecule has 2 aliphatic heterocycles. The molecule has 4 heteroatoms. The molecule has 0 aromatic heterocycles. The highest BCUT2D eigenvalue weighted by Gasteiger charge is 2.35. The Balaban J connectivity index is 1.79. The number of carbonyl (C=O) groups excluding carboxylic acids is 1. The Hall–Kier alpha value is -1.55. The Bertz CT molecular complexity index is 499. The molecule has 1 aromatic carbocycles. The lowest BCUT2D eigenvalue weighted by Crippen LogP contribution is -2.44. The van der Waals surface area contributed by atoms with Crippen LogP contribution in [0.1, 0.15) is 26.7 Å². The third-order valence-electron chi connectivity index (χ3n) is 3.87. The molecule has 1 N–H and O–H groups in total. The molecule has 1 aromatic rings. The van der Waals surface area contributed by atoms with Crippen LogP contribution in [0, 0.1) is 0 Å². The van der Waals surface area contributed by atoms with E-state index in [1.165, 1.54) is 0 Å². The van der Waals surface area contributed by atoms with Crippen LogP contribution < -0.4 is 10.2 Å². The van der Waals surface area contributed by atoms with E-state index in [0.717, 1.165) is 24.2 Å². The third-order valence-corrected chi connectivity index (χ3v) is 3.87. The molecule has 2 aliphatic rings. The molecule has 19 heavy (non-hydrogen) atoms. The number of nitrogens with one attached hydrogen (secondary N) is 1. The number of para-hydroxylation sites is 2. The Kier molecular flexibility index (Phi) is 2.97. The van der Waals surface area contributed by atoms with Gasteiger partial charge in [0.15, 0.2) is 0 Å². The predicted octanol–water partition coefficient (Wildman–Crippen LogP) is 2.40. The van der Waals surface area contributed by atoms with Gasteiger partial charge in [-0.2, -0.15) is 0 Å². The minimum Gasteiger partial charge on any atom is -0.374 e. The van der Waals surface area contributed by atoms with Crippen LogP contribution >= 0.6 is 0 Å². The van der Waals surface area contributed by atoms with Gasteiger partial charge in [0.25, 0.3) is 0 Å². The summed E-state index contributed by atoms with van der Waals surface area (Å²) in [7, 11) is 0. The predicted molar refractivity (Wildman–Crippen MR) is 75.5 cm³/mol. The molecule has 1 fully saturated rings. The van der Waals surface area contributed by atoms with E-state index in [4.69, 9.17) is 4.74 Å². The van der Waals surface area contributed by atoms with E-state index in [0.29, 0.717) is 13.1 Å². The molecule has 1 unspecified atom stereocenters. The van der Waals surface area contributed by atoms with Crippen LogP contribution in [0.25, 0.3) is 0 Å². The van der Waals surface area contributed by atoms with Crippen LogP contribution in [-0.4, -0.2) is 30.7 Å². The Morgan fingerprint density at radius 2 is 2.21 bits per heavy atom. The monoisotopic (exact) mass is 260 g/mol. The van der Waals surface area contributed by atoms with Crippen LogP contribution in [0.2, 0.25) is 0 Å². The molecule has 1 saturated heterocycles. The Morgan fingerprint density at radius 1 is 1.42 bits per heavy atom. The molecule has 2 heterocycles. The Morgan fingerprint density at radius 3 is 2.95 bits per heavy atom. The fourth-order valence-electron chi connectivity index (χ4n) is 2.87. The van der Waals surface area contributed by atoms with Gasteiger partial charge in [-0.3, -0.25) is 4.79 Å². The zero-order valence-corrected chi connectivity index (χ0v) is 11.5. The number of benzene rings is 1. The van der Waals surface area contributed by atoms with Crippen LogP contribution in [0.5, 0.6) is 0 Å². The van der Waals surface area contributed by atoms with Gasteiger partial charge in [0, 0.05) is 0 Å². The number of ether oxygens (including phenoxy) is 1. The van der Waals surface area contributed by atoms with Gasteiger partial charge in [-0.25, -0.2) is 0 Å². The van der Waals surface area contributed by atoms with Crippen molar-refractivity contribution in [2.24, 2.45) is 0 Å². The summed E-state index contributed by atoms with van der Waals surface area (Å²) in [6, 6.07) is 7.94. The van der Waals surface area contributed by atoms with E-state index in [1.807, 2.05) is 29.2 Å². The summed E-state index contributed by atoms with van der Waals surface area (Å²) in [6.45, 7) is 5.25. The van der Waals surface area contributed by atoms with Crippen molar-refractivity contribution in [1.82, 2.24) is 0 Å². The largest absolute Gasteiger partial charge is 0.374 e. The molecular formula is C15H20N2O2. The van der Waals surface area contributed by atoms with Gasteiger partial charge in [-0.15, -0.1) is 0 Å². The van der Waals surface area contributed by atoms with E-state index < -0.39 is 0 Å². The first-order valence-electron chi connectivity index (χ1n) is 6.86. The highest BCUT2D eigenvalue weighted by Crippen LogP contribution is 2.33. The topological polar surface area (TPSA) is 41.6 Å². The lowest BCUT2D eigenvalue weighted by molar-refractivity contribution is -0.117. The van der Waals surface area contributed by atoms with Crippen molar-refractivity contribution in [2.75, 3.05) is 23.3 Å².